The van der Waals surface area contributed by atoms with Gasteiger partial charge in [0.1, 0.15) is 5.76 Å². The van der Waals surface area contributed by atoms with E-state index in [2.05, 4.69) is 25.2 Å². The van der Waals surface area contributed by atoms with Crippen molar-refractivity contribution in [2.45, 2.75) is 31.7 Å². The maximum atomic E-state index is 12.9. The number of rotatable bonds is 6. The zero-order valence-electron chi connectivity index (χ0n) is 16.7. The average Bonchev–Trinajstić information content (AvgIpc) is 3.07. The van der Waals surface area contributed by atoms with E-state index in [1.165, 1.54) is 12.1 Å². The lowest BCUT2D eigenvalue weighted by Crippen LogP contribution is -2.18. The quantitative estimate of drug-likeness (QED) is 0.478. The summed E-state index contributed by atoms with van der Waals surface area (Å²) in [6.45, 7) is 5.62. The van der Waals surface area contributed by atoms with Crippen molar-refractivity contribution in [3.8, 4) is 0 Å². The lowest BCUT2D eigenvalue weighted by atomic mass is 10.1. The van der Waals surface area contributed by atoms with Gasteiger partial charge in [0.15, 0.2) is 11.6 Å². The Kier molecular flexibility index (Phi) is 5.13. The van der Waals surface area contributed by atoms with Gasteiger partial charge >= 0.3 is 0 Å². The maximum absolute atomic E-state index is 12.9. The van der Waals surface area contributed by atoms with Crippen LogP contribution in [0.5, 0.6) is 0 Å². The summed E-state index contributed by atoms with van der Waals surface area (Å²) < 4.78 is 33.6. The highest BCUT2D eigenvalue weighted by molar-refractivity contribution is 7.92. The van der Waals surface area contributed by atoms with E-state index in [1.807, 2.05) is 39.0 Å². The number of para-hydroxylation sites is 2. The lowest BCUT2D eigenvalue weighted by Gasteiger charge is -2.18. The van der Waals surface area contributed by atoms with Crippen LogP contribution in [0.25, 0.3) is 11.0 Å². The van der Waals surface area contributed by atoms with Crippen LogP contribution >= 0.6 is 0 Å². The van der Waals surface area contributed by atoms with Gasteiger partial charge in [-0.25, -0.2) is 18.4 Å². The first kappa shape index (κ1) is 19.8. The number of hydrogen-bond donors (Lipinski definition) is 2. The monoisotopic (exact) mass is 423 g/mol. The van der Waals surface area contributed by atoms with Crippen LogP contribution in [0, 0.1) is 13.8 Å². The minimum Gasteiger partial charge on any atom is -0.361 e. The molecule has 0 aliphatic carbocycles. The second kappa shape index (κ2) is 7.75. The van der Waals surface area contributed by atoms with E-state index in [4.69, 9.17) is 4.52 Å². The third kappa shape index (κ3) is 3.84. The number of nitrogens with zero attached hydrogens (tertiary/aromatic N) is 3. The minimum absolute atomic E-state index is 0.121. The lowest BCUT2D eigenvalue weighted by molar-refractivity contribution is 0.392. The molecule has 2 heterocycles. The van der Waals surface area contributed by atoms with E-state index in [1.54, 1.807) is 24.3 Å². The molecule has 2 aromatic carbocycles. The Morgan fingerprint density at radius 2 is 1.50 bits per heavy atom. The first-order valence-electron chi connectivity index (χ1n) is 9.39. The topological polar surface area (TPSA) is 110 Å². The number of hydrogen-bond acceptors (Lipinski definition) is 7. The highest BCUT2D eigenvalue weighted by Crippen LogP contribution is 2.29. The molecule has 0 saturated heterocycles. The highest BCUT2D eigenvalue weighted by atomic mass is 32.2. The van der Waals surface area contributed by atoms with Crippen molar-refractivity contribution < 1.29 is 12.9 Å². The van der Waals surface area contributed by atoms with Gasteiger partial charge in [0.25, 0.3) is 10.0 Å². The standard InChI is InChI=1S/C21H21N5O3S/c1-13(19-14(2)25-29-15(19)3)22-20-21(24-18-12-8-7-11-17(18)23-20)26-30(27,28)16-9-5-4-6-10-16/h4-13H,1-3H3,(H,22,23)(H,24,26). The first-order valence-corrected chi connectivity index (χ1v) is 10.9. The number of aryl methyl sites for hydroxylation is 2. The van der Waals surface area contributed by atoms with Crippen LogP contribution in [0.3, 0.4) is 0 Å². The van der Waals surface area contributed by atoms with E-state index in [0.717, 1.165) is 11.3 Å². The Bertz CT molecular complexity index is 1280. The van der Waals surface area contributed by atoms with Gasteiger partial charge in [-0.1, -0.05) is 35.5 Å². The van der Waals surface area contributed by atoms with E-state index >= 15 is 0 Å². The predicted molar refractivity (Wildman–Crippen MR) is 115 cm³/mol. The molecule has 0 fully saturated rings. The summed E-state index contributed by atoms with van der Waals surface area (Å²) in [7, 11) is -3.83. The van der Waals surface area contributed by atoms with Crippen LogP contribution in [0.15, 0.2) is 64.0 Å². The summed E-state index contributed by atoms with van der Waals surface area (Å²) in [6, 6.07) is 15.2. The van der Waals surface area contributed by atoms with Gasteiger partial charge in [0, 0.05) is 5.56 Å². The second-order valence-corrected chi connectivity index (χ2v) is 8.61. The Morgan fingerprint density at radius 1 is 0.900 bits per heavy atom. The largest absolute Gasteiger partial charge is 0.361 e. The number of nitrogens with one attached hydrogen (secondary N) is 2. The molecule has 1 unspecified atom stereocenters. The second-order valence-electron chi connectivity index (χ2n) is 6.93. The van der Waals surface area contributed by atoms with Crippen molar-refractivity contribution in [3.05, 3.63) is 71.6 Å². The minimum atomic E-state index is -3.83. The molecule has 0 bridgehead atoms. The van der Waals surface area contributed by atoms with Crippen molar-refractivity contribution in [2.75, 3.05) is 10.0 Å². The zero-order chi connectivity index (χ0) is 21.3. The number of aromatic nitrogens is 3. The fraction of sp³-hybridized carbons (Fsp3) is 0.190. The number of anilines is 2. The summed E-state index contributed by atoms with van der Waals surface area (Å²) >= 11 is 0. The normalized spacial score (nSPS) is 12.6. The number of benzene rings is 2. The molecule has 2 N–H and O–H groups in total. The molecule has 0 aliphatic heterocycles. The zero-order valence-corrected chi connectivity index (χ0v) is 17.6. The predicted octanol–water partition coefficient (Wildman–Crippen LogP) is 4.21. The molecule has 30 heavy (non-hydrogen) atoms. The van der Waals surface area contributed by atoms with Crippen molar-refractivity contribution in [1.82, 2.24) is 15.1 Å². The molecule has 0 radical (unpaired) electrons. The van der Waals surface area contributed by atoms with Gasteiger partial charge in [0.2, 0.25) is 0 Å². The molecule has 0 aliphatic rings. The van der Waals surface area contributed by atoms with Crippen molar-refractivity contribution in [2.24, 2.45) is 0 Å². The number of sulfonamides is 1. The third-order valence-electron chi connectivity index (χ3n) is 4.73. The SMILES string of the molecule is Cc1noc(C)c1C(C)Nc1nc2ccccc2nc1NS(=O)(=O)c1ccccc1. The van der Waals surface area contributed by atoms with Gasteiger partial charge in [-0.05, 0) is 45.0 Å². The van der Waals surface area contributed by atoms with Crippen LogP contribution < -0.4 is 10.0 Å². The molecular formula is C21H21N5O3S. The fourth-order valence-corrected chi connectivity index (χ4v) is 4.37. The van der Waals surface area contributed by atoms with Crippen LogP contribution in [0.1, 0.15) is 30.0 Å². The summed E-state index contributed by atoms with van der Waals surface area (Å²) in [5, 5.41) is 7.25. The summed E-state index contributed by atoms with van der Waals surface area (Å²) in [5.74, 6) is 1.13. The van der Waals surface area contributed by atoms with Crippen LogP contribution in [-0.4, -0.2) is 23.5 Å². The van der Waals surface area contributed by atoms with Crippen molar-refractivity contribution >= 4 is 32.7 Å². The maximum Gasteiger partial charge on any atom is 0.263 e. The molecule has 4 rings (SSSR count). The summed E-state index contributed by atoms with van der Waals surface area (Å²) in [5.41, 5.74) is 2.88. The molecular weight excluding hydrogens is 402 g/mol. The molecule has 0 amide bonds. The molecule has 1 atom stereocenters. The molecule has 8 nitrogen and oxygen atoms in total. The molecule has 9 heteroatoms. The smallest absolute Gasteiger partial charge is 0.263 e. The van der Waals surface area contributed by atoms with Crippen molar-refractivity contribution in [3.63, 3.8) is 0 Å². The van der Waals surface area contributed by atoms with Gasteiger partial charge in [-0.2, -0.15) is 0 Å². The molecule has 2 aromatic heterocycles. The van der Waals surface area contributed by atoms with Crippen LogP contribution in [0.2, 0.25) is 0 Å². The van der Waals surface area contributed by atoms with Crippen LogP contribution in [-0.2, 0) is 10.0 Å². The molecule has 4 aromatic rings. The molecule has 0 spiro atoms. The van der Waals surface area contributed by atoms with Gasteiger partial charge in [-0.3, -0.25) is 4.72 Å². The molecule has 154 valence electrons. The van der Waals surface area contributed by atoms with Crippen molar-refractivity contribution in [1.29, 1.82) is 0 Å². The van der Waals surface area contributed by atoms with Gasteiger partial charge in [-0.15, -0.1) is 0 Å². The summed E-state index contributed by atoms with van der Waals surface area (Å²) in [6.07, 6.45) is 0. The average molecular weight is 423 g/mol. The summed E-state index contributed by atoms with van der Waals surface area (Å²) in [4.78, 5) is 9.26. The number of fused-ring (bicyclic) bond motifs is 1. The Morgan fingerprint density at radius 3 is 2.10 bits per heavy atom. The molecule has 0 saturated carbocycles. The highest BCUT2D eigenvalue weighted by Gasteiger charge is 2.22. The van der Waals surface area contributed by atoms with Crippen LogP contribution in [0.4, 0.5) is 11.6 Å². The van der Waals surface area contributed by atoms with E-state index < -0.39 is 10.0 Å². The Labute approximate surface area is 174 Å². The fourth-order valence-electron chi connectivity index (χ4n) is 3.34. The third-order valence-corrected chi connectivity index (χ3v) is 6.08. The van der Waals surface area contributed by atoms with Gasteiger partial charge in [0.05, 0.1) is 27.7 Å². The van der Waals surface area contributed by atoms with E-state index in [0.29, 0.717) is 22.6 Å². The van der Waals surface area contributed by atoms with Gasteiger partial charge < -0.3 is 9.84 Å². The Hall–Kier alpha value is -3.46. The van der Waals surface area contributed by atoms with E-state index in [9.17, 15) is 8.42 Å². The first-order chi connectivity index (χ1) is 14.3. The van der Waals surface area contributed by atoms with E-state index in [-0.39, 0.29) is 16.8 Å². The Balaban J connectivity index is 1.76.